The first-order valence-corrected chi connectivity index (χ1v) is 5.88. The lowest BCUT2D eigenvalue weighted by molar-refractivity contribution is 0.483. The highest BCUT2D eigenvalue weighted by molar-refractivity contribution is 6.29. The molecule has 1 aromatic rings. The minimum atomic E-state index is 0.436. The number of hydrogen-bond donors (Lipinski definition) is 1. The van der Waals surface area contributed by atoms with Gasteiger partial charge in [-0.2, -0.15) is 0 Å². The summed E-state index contributed by atoms with van der Waals surface area (Å²) in [5, 5.41) is 3.89. The van der Waals surface area contributed by atoms with Crippen molar-refractivity contribution >= 4 is 17.4 Å². The molecule has 0 radical (unpaired) electrons. The molecule has 3 heteroatoms. The molecule has 2 unspecified atom stereocenters. The Balaban J connectivity index is 2.47. The predicted octanol–water partition coefficient (Wildman–Crippen LogP) is 3.97. The molecular formula is C12H19ClN2. The predicted molar refractivity (Wildman–Crippen MR) is 66.4 cm³/mol. The summed E-state index contributed by atoms with van der Waals surface area (Å²) in [5.41, 5.74) is 0. The molecule has 0 aliphatic rings. The topological polar surface area (TPSA) is 24.9 Å². The van der Waals surface area contributed by atoms with Crippen LogP contribution in [0.5, 0.6) is 0 Å². The molecule has 1 N–H and O–H groups in total. The summed E-state index contributed by atoms with van der Waals surface area (Å²) in [6.45, 7) is 6.66. The SMILES string of the molecule is CCC(C)CC(C)Nc1cccc(Cl)n1. The second-order valence-corrected chi connectivity index (χ2v) is 4.53. The molecule has 0 fully saturated rings. The van der Waals surface area contributed by atoms with Gasteiger partial charge in [0, 0.05) is 6.04 Å². The monoisotopic (exact) mass is 226 g/mol. The zero-order valence-corrected chi connectivity index (χ0v) is 10.4. The first-order valence-electron chi connectivity index (χ1n) is 5.51. The lowest BCUT2D eigenvalue weighted by atomic mass is 10.0. The zero-order chi connectivity index (χ0) is 11.3. The first kappa shape index (κ1) is 12.3. The first-order chi connectivity index (χ1) is 7.11. The van der Waals surface area contributed by atoms with E-state index in [1.54, 1.807) is 6.07 Å². The van der Waals surface area contributed by atoms with Gasteiger partial charge in [-0.25, -0.2) is 4.98 Å². The van der Waals surface area contributed by atoms with E-state index in [1.165, 1.54) is 6.42 Å². The summed E-state index contributed by atoms with van der Waals surface area (Å²) in [6, 6.07) is 6.07. The molecule has 2 nitrogen and oxygen atoms in total. The Bertz CT molecular complexity index is 301. The maximum absolute atomic E-state index is 5.81. The van der Waals surface area contributed by atoms with Crippen LogP contribution in [0.1, 0.15) is 33.6 Å². The number of anilines is 1. The molecule has 0 aliphatic carbocycles. The number of rotatable bonds is 5. The van der Waals surface area contributed by atoms with E-state index in [2.05, 4.69) is 31.1 Å². The van der Waals surface area contributed by atoms with Gasteiger partial charge in [0.1, 0.15) is 11.0 Å². The maximum Gasteiger partial charge on any atom is 0.131 e. The Morgan fingerprint density at radius 2 is 2.13 bits per heavy atom. The summed E-state index contributed by atoms with van der Waals surface area (Å²) in [7, 11) is 0. The van der Waals surface area contributed by atoms with Crippen LogP contribution >= 0.6 is 11.6 Å². The molecule has 1 heterocycles. The van der Waals surface area contributed by atoms with Crippen molar-refractivity contribution in [1.82, 2.24) is 4.98 Å². The molecule has 0 aromatic carbocycles. The average Bonchev–Trinajstić information content (AvgIpc) is 2.17. The average molecular weight is 227 g/mol. The van der Waals surface area contributed by atoms with Crippen molar-refractivity contribution in [2.75, 3.05) is 5.32 Å². The van der Waals surface area contributed by atoms with Crippen LogP contribution in [0, 0.1) is 5.92 Å². The molecule has 2 atom stereocenters. The van der Waals surface area contributed by atoms with Crippen LogP contribution in [-0.2, 0) is 0 Å². The van der Waals surface area contributed by atoms with Crippen LogP contribution in [0.4, 0.5) is 5.82 Å². The number of pyridine rings is 1. The Hall–Kier alpha value is -0.760. The Kier molecular flexibility index (Phi) is 4.89. The molecule has 0 bridgehead atoms. The van der Waals surface area contributed by atoms with Gasteiger partial charge in [-0.15, -0.1) is 0 Å². The highest BCUT2D eigenvalue weighted by Gasteiger charge is 2.07. The van der Waals surface area contributed by atoms with Crippen LogP contribution < -0.4 is 5.32 Å². The van der Waals surface area contributed by atoms with Gasteiger partial charge in [0.2, 0.25) is 0 Å². The van der Waals surface area contributed by atoms with Gasteiger partial charge in [0.25, 0.3) is 0 Å². The molecule has 0 aliphatic heterocycles. The van der Waals surface area contributed by atoms with E-state index in [1.807, 2.05) is 12.1 Å². The van der Waals surface area contributed by atoms with Crippen molar-refractivity contribution in [3.05, 3.63) is 23.4 Å². The molecule has 0 saturated heterocycles. The summed E-state index contributed by atoms with van der Waals surface area (Å²) >= 11 is 5.81. The molecule has 1 aromatic heterocycles. The van der Waals surface area contributed by atoms with Gasteiger partial charge in [0.15, 0.2) is 0 Å². The Morgan fingerprint density at radius 3 is 2.73 bits per heavy atom. The van der Waals surface area contributed by atoms with E-state index >= 15 is 0 Å². The van der Waals surface area contributed by atoms with Crippen molar-refractivity contribution < 1.29 is 0 Å². The summed E-state index contributed by atoms with van der Waals surface area (Å²) in [6.07, 6.45) is 2.37. The normalized spacial score (nSPS) is 14.7. The lowest BCUT2D eigenvalue weighted by Gasteiger charge is -2.17. The molecule has 0 saturated carbocycles. The van der Waals surface area contributed by atoms with E-state index in [-0.39, 0.29) is 0 Å². The van der Waals surface area contributed by atoms with E-state index in [4.69, 9.17) is 11.6 Å². The minimum absolute atomic E-state index is 0.436. The molecular weight excluding hydrogens is 208 g/mol. The van der Waals surface area contributed by atoms with Crippen molar-refractivity contribution in [3.63, 3.8) is 0 Å². The number of nitrogens with zero attached hydrogens (tertiary/aromatic N) is 1. The Morgan fingerprint density at radius 1 is 1.40 bits per heavy atom. The molecule has 0 spiro atoms. The molecule has 1 rings (SSSR count). The van der Waals surface area contributed by atoms with Gasteiger partial charge in [-0.3, -0.25) is 0 Å². The highest BCUT2D eigenvalue weighted by Crippen LogP contribution is 2.15. The van der Waals surface area contributed by atoms with Crippen molar-refractivity contribution in [2.45, 2.75) is 39.7 Å². The van der Waals surface area contributed by atoms with Gasteiger partial charge < -0.3 is 5.32 Å². The molecule has 0 amide bonds. The smallest absolute Gasteiger partial charge is 0.131 e. The van der Waals surface area contributed by atoms with E-state index in [0.29, 0.717) is 11.2 Å². The summed E-state index contributed by atoms with van der Waals surface area (Å²) in [5.74, 6) is 1.60. The van der Waals surface area contributed by atoms with Crippen LogP contribution in [0.2, 0.25) is 5.15 Å². The van der Waals surface area contributed by atoms with Gasteiger partial charge in [-0.1, -0.05) is 37.9 Å². The third-order valence-electron chi connectivity index (χ3n) is 2.56. The van der Waals surface area contributed by atoms with Crippen LogP contribution in [0.25, 0.3) is 0 Å². The Labute approximate surface area is 97.1 Å². The summed E-state index contributed by atoms with van der Waals surface area (Å²) in [4.78, 5) is 4.20. The largest absolute Gasteiger partial charge is 0.368 e. The molecule has 84 valence electrons. The van der Waals surface area contributed by atoms with Crippen LogP contribution in [-0.4, -0.2) is 11.0 Å². The van der Waals surface area contributed by atoms with Crippen molar-refractivity contribution in [3.8, 4) is 0 Å². The quantitative estimate of drug-likeness (QED) is 0.769. The second kappa shape index (κ2) is 5.96. The fourth-order valence-corrected chi connectivity index (χ4v) is 1.73. The van der Waals surface area contributed by atoms with Crippen LogP contribution in [0.3, 0.4) is 0 Å². The van der Waals surface area contributed by atoms with Crippen molar-refractivity contribution in [2.24, 2.45) is 5.92 Å². The van der Waals surface area contributed by atoms with Gasteiger partial charge in [-0.05, 0) is 31.4 Å². The third kappa shape index (κ3) is 4.52. The van der Waals surface area contributed by atoms with Crippen LogP contribution in [0.15, 0.2) is 18.2 Å². The number of halogens is 1. The van der Waals surface area contributed by atoms with Gasteiger partial charge >= 0.3 is 0 Å². The number of aromatic nitrogens is 1. The zero-order valence-electron chi connectivity index (χ0n) is 9.63. The maximum atomic E-state index is 5.81. The van der Waals surface area contributed by atoms with Gasteiger partial charge in [0.05, 0.1) is 0 Å². The highest BCUT2D eigenvalue weighted by atomic mass is 35.5. The molecule has 15 heavy (non-hydrogen) atoms. The fraction of sp³-hybridized carbons (Fsp3) is 0.583. The van der Waals surface area contributed by atoms with Crippen molar-refractivity contribution in [1.29, 1.82) is 0 Å². The minimum Gasteiger partial charge on any atom is -0.368 e. The van der Waals surface area contributed by atoms with E-state index < -0.39 is 0 Å². The summed E-state index contributed by atoms with van der Waals surface area (Å²) < 4.78 is 0. The third-order valence-corrected chi connectivity index (χ3v) is 2.77. The fourth-order valence-electron chi connectivity index (χ4n) is 1.57. The van der Waals surface area contributed by atoms with E-state index in [9.17, 15) is 0 Å². The number of hydrogen-bond acceptors (Lipinski definition) is 2. The lowest BCUT2D eigenvalue weighted by Crippen LogP contribution is -2.18. The number of nitrogens with one attached hydrogen (secondary N) is 1. The second-order valence-electron chi connectivity index (χ2n) is 4.14. The van der Waals surface area contributed by atoms with E-state index in [0.717, 1.165) is 18.2 Å². The standard InChI is InChI=1S/C12H19ClN2/c1-4-9(2)8-10(3)14-12-7-5-6-11(13)15-12/h5-7,9-10H,4,8H2,1-3H3,(H,14,15).